The minimum absolute atomic E-state index is 0.104. The molecule has 0 aliphatic rings. The molecule has 0 fully saturated rings. The van der Waals surface area contributed by atoms with Crippen LogP contribution in [0.25, 0.3) is 0 Å². The fraction of sp³-hybridized carbons (Fsp3) is 0.741. The molecule has 0 saturated heterocycles. The van der Waals surface area contributed by atoms with Crippen molar-refractivity contribution in [2.45, 2.75) is 347 Å². The van der Waals surface area contributed by atoms with Gasteiger partial charge in [-0.1, -0.05) is 316 Å². The van der Waals surface area contributed by atoms with E-state index in [1.54, 1.807) is 0 Å². The maximum Gasteiger partial charge on any atom is 0.472 e. The third kappa shape index (κ3) is 75.2. The molecule has 0 aromatic heterocycles. The second kappa shape index (κ2) is 73.9. The Kier molecular flexibility index (Phi) is 71.1. The van der Waals surface area contributed by atoms with Crippen LogP contribution in [0.3, 0.4) is 0 Å². The molecule has 572 valence electrons. The van der Waals surface area contributed by atoms with Crippen LogP contribution in [0, 0.1) is 0 Å². The van der Waals surface area contributed by atoms with Crippen molar-refractivity contribution in [3.8, 4) is 0 Å². The summed E-state index contributed by atoms with van der Waals surface area (Å²) < 4.78 is 61.1. The van der Waals surface area contributed by atoms with E-state index in [-0.39, 0.29) is 19.3 Å². The molecule has 4 N–H and O–H groups in total. The van der Waals surface area contributed by atoms with Gasteiger partial charge in [0.2, 0.25) is 0 Å². The van der Waals surface area contributed by atoms with Gasteiger partial charge in [0.05, 0.1) is 26.4 Å². The number of phosphoric acid groups is 2. The van der Waals surface area contributed by atoms with Gasteiger partial charge >= 0.3 is 33.6 Å². The molecule has 18 heteroatoms. The molecule has 0 aliphatic carbocycles. The molecule has 0 rings (SSSR count). The van der Waals surface area contributed by atoms with Gasteiger partial charge in [-0.2, -0.15) is 0 Å². The number of hydrogen-bond donors (Lipinski definition) is 4. The Hall–Kier alpha value is -3.79. The quantitative estimate of drug-likeness (QED) is 0.0146. The predicted octanol–water partition coefficient (Wildman–Crippen LogP) is 22.8. The van der Waals surface area contributed by atoms with E-state index in [9.17, 15) is 43.5 Å². The number of ether oxygens (including phenoxy) is 3. The number of aliphatic hydroxyl groups excluding tert-OH is 2. The lowest BCUT2D eigenvalue weighted by Gasteiger charge is -2.21. The molecule has 0 aliphatic heterocycles. The fourth-order valence-electron chi connectivity index (χ4n) is 10.6. The number of carbonyl (C=O) groups excluding carboxylic acids is 3. The lowest BCUT2D eigenvalue weighted by molar-refractivity contribution is -0.161. The first-order chi connectivity index (χ1) is 48.2. The van der Waals surface area contributed by atoms with Crippen molar-refractivity contribution < 1.29 is 75.8 Å². The van der Waals surface area contributed by atoms with Gasteiger partial charge < -0.3 is 34.2 Å². The molecule has 0 radical (unpaired) electrons. The Labute approximate surface area is 602 Å². The molecule has 5 unspecified atom stereocenters. The topological polar surface area (TPSA) is 231 Å². The minimum Gasteiger partial charge on any atom is -0.463 e. The van der Waals surface area contributed by atoms with E-state index in [1.807, 2.05) is 0 Å². The third-order valence-corrected chi connectivity index (χ3v) is 18.4. The van der Waals surface area contributed by atoms with E-state index in [4.69, 9.17) is 32.3 Å². The van der Waals surface area contributed by atoms with Crippen LogP contribution < -0.4 is 0 Å². The Morgan fingerprint density at radius 1 is 0.293 bits per heavy atom. The van der Waals surface area contributed by atoms with Crippen LogP contribution in [0.2, 0.25) is 0 Å². The molecule has 16 nitrogen and oxygen atoms in total. The summed E-state index contributed by atoms with van der Waals surface area (Å²) >= 11 is 0. The van der Waals surface area contributed by atoms with Crippen LogP contribution in [0.5, 0.6) is 0 Å². The summed E-state index contributed by atoms with van der Waals surface area (Å²) in [5.74, 6) is -1.58. The SMILES string of the molecule is CC/C=C\C/C=C\C/C=C\C/C=C\C/C=C\CCCCCCCCCCCCCCCCCC(=O)OCC(O)COP(=O)(O)OCC(O)COP(=O)(O)OCC(COC(=O)CCCCCCCC/C=C\C/C=C\C/C=C\C/C=C\CC)OC(=O)CCCCCCCCCCCCCCC. The number of hydrogen-bond acceptors (Lipinski definition) is 14. The molecule has 99 heavy (non-hydrogen) atoms. The zero-order valence-corrected chi connectivity index (χ0v) is 64.2. The zero-order valence-electron chi connectivity index (χ0n) is 62.4. The Morgan fingerprint density at radius 2 is 0.535 bits per heavy atom. The van der Waals surface area contributed by atoms with Crippen molar-refractivity contribution in [3.63, 3.8) is 0 Å². The number of unbranched alkanes of at least 4 members (excludes halogenated alkanes) is 33. The first-order valence-corrected chi connectivity index (χ1v) is 42.2. The van der Waals surface area contributed by atoms with Crippen molar-refractivity contribution in [1.29, 1.82) is 0 Å². The Balaban J connectivity index is 4.43. The number of esters is 3. The second-order valence-corrected chi connectivity index (χ2v) is 29.0. The largest absolute Gasteiger partial charge is 0.472 e. The van der Waals surface area contributed by atoms with Crippen LogP contribution in [-0.2, 0) is 55.8 Å². The van der Waals surface area contributed by atoms with Crippen molar-refractivity contribution in [3.05, 3.63) is 109 Å². The summed E-state index contributed by atoms with van der Waals surface area (Å²) in [5, 5.41) is 20.6. The van der Waals surface area contributed by atoms with Crippen molar-refractivity contribution in [2.75, 3.05) is 39.6 Å². The van der Waals surface area contributed by atoms with Gasteiger partial charge in [0.1, 0.15) is 25.4 Å². The van der Waals surface area contributed by atoms with Crippen LogP contribution in [0.4, 0.5) is 0 Å². The number of aliphatic hydroxyl groups is 2. The minimum atomic E-state index is -4.93. The van der Waals surface area contributed by atoms with E-state index in [0.717, 1.165) is 141 Å². The van der Waals surface area contributed by atoms with Crippen molar-refractivity contribution in [1.82, 2.24) is 0 Å². The van der Waals surface area contributed by atoms with E-state index in [1.165, 1.54) is 128 Å². The van der Waals surface area contributed by atoms with Gasteiger partial charge in [-0.15, -0.1) is 0 Å². The molecule has 5 atom stereocenters. The molecule has 0 aromatic carbocycles. The fourth-order valence-corrected chi connectivity index (χ4v) is 12.2. The highest BCUT2D eigenvalue weighted by Crippen LogP contribution is 2.45. The summed E-state index contributed by atoms with van der Waals surface area (Å²) in [7, 11) is -9.78. The normalized spacial score (nSPS) is 14.6. The van der Waals surface area contributed by atoms with E-state index in [0.29, 0.717) is 19.3 Å². The predicted molar refractivity (Wildman–Crippen MR) is 408 cm³/mol. The molecule has 0 aromatic rings. The Bertz CT molecular complexity index is 2240. The summed E-state index contributed by atoms with van der Waals surface area (Å²) in [4.78, 5) is 58.6. The van der Waals surface area contributed by atoms with E-state index in [2.05, 4.69) is 130 Å². The Morgan fingerprint density at radius 3 is 0.848 bits per heavy atom. The maximum atomic E-state index is 12.9. The average Bonchev–Trinajstić information content (AvgIpc) is 1.02. The smallest absolute Gasteiger partial charge is 0.463 e. The highest BCUT2D eigenvalue weighted by atomic mass is 31.2. The highest BCUT2D eigenvalue weighted by Gasteiger charge is 2.29. The number of allylic oxidation sites excluding steroid dienone is 18. The first kappa shape index (κ1) is 95.2. The van der Waals surface area contributed by atoms with Gasteiger partial charge in [-0.25, -0.2) is 9.13 Å². The van der Waals surface area contributed by atoms with Crippen LogP contribution in [0.1, 0.15) is 329 Å². The molecule has 0 amide bonds. The van der Waals surface area contributed by atoms with Crippen molar-refractivity contribution >= 4 is 33.6 Å². The summed E-state index contributed by atoms with van der Waals surface area (Å²) in [6.07, 6.45) is 85.7. The van der Waals surface area contributed by atoms with Gasteiger partial charge in [0.25, 0.3) is 0 Å². The molecular weight excluding hydrogens is 1290 g/mol. The van der Waals surface area contributed by atoms with E-state index >= 15 is 0 Å². The van der Waals surface area contributed by atoms with E-state index < -0.39 is 91.5 Å². The van der Waals surface area contributed by atoms with Gasteiger partial charge in [-0.05, 0) is 103 Å². The lowest BCUT2D eigenvalue weighted by Crippen LogP contribution is -2.30. The standard InChI is InChI=1S/C81H142O16P2/c1-4-7-10-13-16-19-22-25-27-29-31-32-33-34-35-36-37-38-39-40-41-42-44-46-47-50-52-55-58-61-64-67-79(84)91-70-76(82)71-93-98(87,88)94-72-77(83)73-95-99(89,90)96-75-78(97-81(86)69-66-63-60-57-54-49-24-21-18-15-12-9-6-3)74-92-80(85)68-65-62-59-56-53-51-48-45-43-30-28-26-23-20-17-14-11-8-5-2/h7-8,10-11,16-17,19-20,25-28,31-32,34-35,43,45,76-78,82-83H,4-6,9,12-15,18,21-24,29-30,33,36-42,44,46-75H2,1-3H3,(H,87,88)(H,89,90)/b10-7-,11-8-,19-16-,20-17-,27-25-,28-26-,32-31-,35-34-,45-43-. The van der Waals surface area contributed by atoms with Crippen LogP contribution in [-0.4, -0.2) is 95.9 Å². The zero-order chi connectivity index (χ0) is 72.3. The van der Waals surface area contributed by atoms with Gasteiger partial charge in [-0.3, -0.25) is 32.5 Å². The molecular formula is C81H142O16P2. The number of phosphoric ester groups is 2. The lowest BCUT2D eigenvalue weighted by atomic mass is 10.0. The number of rotatable bonds is 74. The highest BCUT2D eigenvalue weighted by molar-refractivity contribution is 7.47. The van der Waals surface area contributed by atoms with Crippen molar-refractivity contribution in [2.24, 2.45) is 0 Å². The average molecular weight is 1430 g/mol. The second-order valence-electron chi connectivity index (χ2n) is 26.1. The van der Waals surface area contributed by atoms with Gasteiger partial charge in [0, 0.05) is 19.3 Å². The molecule has 0 bridgehead atoms. The number of carbonyl (C=O) groups is 3. The monoisotopic (exact) mass is 1430 g/mol. The third-order valence-electron chi connectivity index (χ3n) is 16.5. The van der Waals surface area contributed by atoms with Crippen LogP contribution >= 0.6 is 15.6 Å². The molecule has 0 heterocycles. The maximum absolute atomic E-state index is 12.9. The molecule has 0 saturated carbocycles. The summed E-state index contributed by atoms with van der Waals surface area (Å²) in [6, 6.07) is 0. The molecule has 0 spiro atoms. The summed E-state index contributed by atoms with van der Waals surface area (Å²) in [5.41, 5.74) is 0. The van der Waals surface area contributed by atoms with Gasteiger partial charge in [0.15, 0.2) is 6.10 Å². The van der Waals surface area contributed by atoms with Crippen LogP contribution in [0.15, 0.2) is 109 Å². The first-order valence-electron chi connectivity index (χ1n) is 39.2. The summed E-state index contributed by atoms with van der Waals surface area (Å²) in [6.45, 7) is 2.47.